The highest BCUT2D eigenvalue weighted by Gasteiger charge is 2.16. The summed E-state index contributed by atoms with van der Waals surface area (Å²) in [6.07, 6.45) is 6.91. The molecule has 2 rings (SSSR count). The van der Waals surface area contributed by atoms with Crippen molar-refractivity contribution in [2.45, 2.75) is 13.0 Å². The highest BCUT2D eigenvalue weighted by Crippen LogP contribution is 2.19. The maximum absolute atomic E-state index is 5.55. The molecule has 0 aliphatic carbocycles. The number of aryl methyl sites for hydroxylation is 1. The molecule has 3 N–H and O–H groups in total. The number of aromatic nitrogens is 3. The van der Waals surface area contributed by atoms with Crippen LogP contribution in [0.2, 0.25) is 0 Å². The molecule has 16 heavy (non-hydrogen) atoms. The second-order valence-electron chi connectivity index (χ2n) is 3.44. The fourth-order valence-corrected chi connectivity index (χ4v) is 1.54. The van der Waals surface area contributed by atoms with Crippen LogP contribution in [0.5, 0.6) is 0 Å². The van der Waals surface area contributed by atoms with Gasteiger partial charge in [0.25, 0.3) is 0 Å². The number of pyridine rings is 1. The third-order valence-electron chi connectivity index (χ3n) is 2.40. The first-order chi connectivity index (χ1) is 7.83. The van der Waals surface area contributed by atoms with Crippen molar-refractivity contribution in [1.29, 1.82) is 0 Å². The summed E-state index contributed by atoms with van der Waals surface area (Å²) in [6, 6.07) is 3.48. The third kappa shape index (κ3) is 2.05. The van der Waals surface area contributed by atoms with Crippen LogP contribution in [0.1, 0.15) is 23.0 Å². The molecule has 0 aliphatic rings. The average molecular weight is 215 g/mol. The first-order valence-electron chi connectivity index (χ1n) is 4.96. The molecular formula is C11H13N5. The van der Waals surface area contributed by atoms with Crippen molar-refractivity contribution in [2.75, 3.05) is 0 Å². The van der Waals surface area contributed by atoms with Crippen LogP contribution in [0.25, 0.3) is 0 Å². The lowest BCUT2D eigenvalue weighted by Gasteiger charge is -2.16. The fraction of sp³-hybridized carbons (Fsp3) is 0.182. The molecule has 0 amide bonds. The molecule has 0 spiro atoms. The zero-order valence-electron chi connectivity index (χ0n) is 8.96. The van der Waals surface area contributed by atoms with Crippen molar-refractivity contribution in [1.82, 2.24) is 20.4 Å². The molecule has 82 valence electrons. The predicted molar refractivity (Wildman–Crippen MR) is 60.2 cm³/mol. The van der Waals surface area contributed by atoms with Gasteiger partial charge in [0.05, 0.1) is 0 Å². The van der Waals surface area contributed by atoms with Gasteiger partial charge in [0.2, 0.25) is 0 Å². The van der Waals surface area contributed by atoms with E-state index < -0.39 is 0 Å². The Hall–Kier alpha value is -1.85. The Bertz CT molecular complexity index is 457. The molecule has 0 aliphatic heterocycles. The van der Waals surface area contributed by atoms with E-state index in [1.807, 2.05) is 13.0 Å². The van der Waals surface area contributed by atoms with Crippen molar-refractivity contribution in [3.63, 3.8) is 0 Å². The van der Waals surface area contributed by atoms with Gasteiger partial charge in [-0.05, 0) is 30.2 Å². The van der Waals surface area contributed by atoms with Gasteiger partial charge in [-0.3, -0.25) is 10.8 Å². The predicted octanol–water partition coefficient (Wildman–Crippen LogP) is 0.733. The van der Waals surface area contributed by atoms with E-state index in [-0.39, 0.29) is 6.04 Å². The van der Waals surface area contributed by atoms with Gasteiger partial charge in [-0.15, -0.1) is 0 Å². The van der Waals surface area contributed by atoms with E-state index in [1.165, 1.54) is 0 Å². The van der Waals surface area contributed by atoms with Crippen LogP contribution in [-0.4, -0.2) is 15.0 Å². The van der Waals surface area contributed by atoms with E-state index in [0.717, 1.165) is 11.1 Å². The molecule has 1 unspecified atom stereocenters. The first-order valence-corrected chi connectivity index (χ1v) is 4.96. The molecule has 2 aromatic heterocycles. The molecule has 0 saturated heterocycles. The molecule has 0 fully saturated rings. The first kappa shape index (κ1) is 10.7. The number of nitrogens with two attached hydrogens (primary N) is 1. The SMILES string of the molecule is Cc1ccncc1C(NN)c1ncccn1. The summed E-state index contributed by atoms with van der Waals surface area (Å²) in [5.74, 6) is 6.19. The van der Waals surface area contributed by atoms with Gasteiger partial charge in [-0.1, -0.05) is 0 Å². The maximum atomic E-state index is 5.55. The minimum absolute atomic E-state index is 0.227. The van der Waals surface area contributed by atoms with E-state index >= 15 is 0 Å². The number of hydrogen-bond acceptors (Lipinski definition) is 5. The Morgan fingerprint density at radius 3 is 2.62 bits per heavy atom. The molecule has 0 aromatic carbocycles. The van der Waals surface area contributed by atoms with E-state index in [1.54, 1.807) is 30.9 Å². The van der Waals surface area contributed by atoms with Gasteiger partial charge >= 0.3 is 0 Å². The minimum Gasteiger partial charge on any atom is -0.270 e. The van der Waals surface area contributed by atoms with Gasteiger partial charge < -0.3 is 0 Å². The Morgan fingerprint density at radius 1 is 1.25 bits per heavy atom. The topological polar surface area (TPSA) is 76.7 Å². The molecule has 5 heteroatoms. The normalized spacial score (nSPS) is 12.4. The molecule has 5 nitrogen and oxygen atoms in total. The fourth-order valence-electron chi connectivity index (χ4n) is 1.54. The summed E-state index contributed by atoms with van der Waals surface area (Å²) < 4.78 is 0. The van der Waals surface area contributed by atoms with Crippen LogP contribution in [0.15, 0.2) is 36.9 Å². The van der Waals surface area contributed by atoms with Crippen LogP contribution in [0, 0.1) is 6.92 Å². The van der Waals surface area contributed by atoms with Gasteiger partial charge in [0.1, 0.15) is 6.04 Å². The number of hydrogen-bond donors (Lipinski definition) is 2. The molecular weight excluding hydrogens is 202 g/mol. The van der Waals surface area contributed by atoms with Crippen molar-refractivity contribution in [2.24, 2.45) is 5.84 Å². The van der Waals surface area contributed by atoms with Crippen LogP contribution in [0.3, 0.4) is 0 Å². The summed E-state index contributed by atoms with van der Waals surface area (Å²) in [7, 11) is 0. The zero-order chi connectivity index (χ0) is 11.4. The number of rotatable bonds is 3. The van der Waals surface area contributed by atoms with Gasteiger partial charge in [-0.25, -0.2) is 15.4 Å². The van der Waals surface area contributed by atoms with Gasteiger partial charge in [-0.2, -0.15) is 0 Å². The summed E-state index contributed by atoms with van der Waals surface area (Å²) in [4.78, 5) is 12.5. The van der Waals surface area contributed by atoms with Crippen LogP contribution in [0.4, 0.5) is 0 Å². The molecule has 1 atom stereocenters. The van der Waals surface area contributed by atoms with Crippen LogP contribution in [-0.2, 0) is 0 Å². The van der Waals surface area contributed by atoms with Crippen LogP contribution < -0.4 is 11.3 Å². The van der Waals surface area contributed by atoms with E-state index in [9.17, 15) is 0 Å². The summed E-state index contributed by atoms with van der Waals surface area (Å²) in [5.41, 5.74) is 4.80. The van der Waals surface area contributed by atoms with Gasteiger partial charge in [0, 0.05) is 24.8 Å². The monoisotopic (exact) mass is 215 g/mol. The van der Waals surface area contributed by atoms with E-state index in [2.05, 4.69) is 20.4 Å². The molecule has 0 radical (unpaired) electrons. The highest BCUT2D eigenvalue weighted by atomic mass is 15.2. The second-order valence-corrected chi connectivity index (χ2v) is 3.44. The zero-order valence-corrected chi connectivity index (χ0v) is 8.96. The Balaban J connectivity index is 2.41. The molecule has 0 bridgehead atoms. The quantitative estimate of drug-likeness (QED) is 0.583. The number of hydrazine groups is 1. The van der Waals surface area contributed by atoms with E-state index in [4.69, 9.17) is 5.84 Å². The smallest absolute Gasteiger partial charge is 0.150 e. The Morgan fingerprint density at radius 2 is 2.00 bits per heavy atom. The maximum Gasteiger partial charge on any atom is 0.150 e. The van der Waals surface area contributed by atoms with Crippen molar-refractivity contribution >= 4 is 0 Å². The van der Waals surface area contributed by atoms with Crippen molar-refractivity contribution in [3.05, 3.63) is 53.9 Å². The molecule has 2 aromatic rings. The largest absolute Gasteiger partial charge is 0.270 e. The lowest BCUT2D eigenvalue weighted by molar-refractivity contribution is 0.596. The number of nitrogens with one attached hydrogen (secondary N) is 1. The highest BCUT2D eigenvalue weighted by molar-refractivity contribution is 5.29. The van der Waals surface area contributed by atoms with E-state index in [0.29, 0.717) is 5.82 Å². The van der Waals surface area contributed by atoms with Crippen molar-refractivity contribution < 1.29 is 0 Å². The van der Waals surface area contributed by atoms with Gasteiger partial charge in [0.15, 0.2) is 5.82 Å². The molecule has 0 saturated carbocycles. The summed E-state index contributed by atoms with van der Waals surface area (Å²) in [6.45, 7) is 2.00. The Labute approximate surface area is 93.7 Å². The van der Waals surface area contributed by atoms with Crippen molar-refractivity contribution in [3.8, 4) is 0 Å². The third-order valence-corrected chi connectivity index (χ3v) is 2.40. The summed E-state index contributed by atoms with van der Waals surface area (Å²) >= 11 is 0. The lowest BCUT2D eigenvalue weighted by atomic mass is 10.0. The standard InChI is InChI=1S/C11H13N5/c1-8-3-6-13-7-9(8)10(16-12)11-14-4-2-5-15-11/h2-7,10,16H,12H2,1H3. The summed E-state index contributed by atoms with van der Waals surface area (Å²) in [5, 5.41) is 0. The Kier molecular flexibility index (Phi) is 3.19. The molecule has 2 heterocycles. The van der Waals surface area contributed by atoms with Crippen LogP contribution >= 0.6 is 0 Å². The average Bonchev–Trinajstić information content (AvgIpc) is 2.34. The minimum atomic E-state index is -0.227. The second kappa shape index (κ2) is 4.78. The lowest BCUT2D eigenvalue weighted by Crippen LogP contribution is -2.30. The number of nitrogens with zero attached hydrogens (tertiary/aromatic N) is 3.